The predicted molar refractivity (Wildman–Crippen MR) is 108 cm³/mol. The second-order valence-electron chi connectivity index (χ2n) is 7.46. The van der Waals surface area contributed by atoms with Crippen molar-refractivity contribution in [1.29, 1.82) is 0 Å². The number of aromatic amines is 1. The van der Waals surface area contributed by atoms with E-state index in [9.17, 15) is 4.39 Å². The molecule has 1 aromatic carbocycles. The molecule has 7 heteroatoms. The summed E-state index contributed by atoms with van der Waals surface area (Å²) in [5.74, 6) is 1.77. The van der Waals surface area contributed by atoms with Crippen molar-refractivity contribution in [1.82, 2.24) is 24.8 Å². The first-order chi connectivity index (χ1) is 13.6. The number of imidazole rings is 1. The van der Waals surface area contributed by atoms with Gasteiger partial charge in [-0.1, -0.05) is 12.1 Å². The molecule has 0 bridgehead atoms. The smallest absolute Gasteiger partial charge is 0.225 e. The van der Waals surface area contributed by atoms with E-state index >= 15 is 0 Å². The highest BCUT2D eigenvalue weighted by Crippen LogP contribution is 2.35. The molecule has 1 fully saturated rings. The summed E-state index contributed by atoms with van der Waals surface area (Å²) < 4.78 is 13.8. The van der Waals surface area contributed by atoms with Crippen LogP contribution < -0.4 is 4.90 Å². The van der Waals surface area contributed by atoms with Gasteiger partial charge in [0.05, 0.1) is 12.2 Å². The van der Waals surface area contributed by atoms with Gasteiger partial charge in [0.2, 0.25) is 5.95 Å². The van der Waals surface area contributed by atoms with E-state index in [0.29, 0.717) is 11.9 Å². The molecule has 0 atom stereocenters. The van der Waals surface area contributed by atoms with Gasteiger partial charge in [-0.05, 0) is 43.6 Å². The topological polar surface area (TPSA) is 60.9 Å². The van der Waals surface area contributed by atoms with Crippen LogP contribution in [0.15, 0.2) is 42.9 Å². The summed E-state index contributed by atoms with van der Waals surface area (Å²) in [5, 5.41) is 0. The van der Waals surface area contributed by atoms with Gasteiger partial charge in [-0.2, -0.15) is 0 Å². The molecule has 0 radical (unpaired) electrons. The van der Waals surface area contributed by atoms with Crippen LogP contribution in [0.4, 0.5) is 10.3 Å². The van der Waals surface area contributed by atoms with E-state index in [4.69, 9.17) is 4.98 Å². The molecule has 28 heavy (non-hydrogen) atoms. The van der Waals surface area contributed by atoms with E-state index < -0.39 is 0 Å². The van der Waals surface area contributed by atoms with Crippen molar-refractivity contribution in [3.8, 4) is 11.1 Å². The normalized spacial score (nSPS) is 15.7. The van der Waals surface area contributed by atoms with E-state index in [2.05, 4.69) is 19.9 Å². The number of nitrogens with zero attached hydrogens (tertiary/aromatic N) is 5. The number of nitrogens with one attached hydrogen (secondary N) is 1. The van der Waals surface area contributed by atoms with E-state index in [1.807, 2.05) is 37.5 Å². The first kappa shape index (κ1) is 18.6. The van der Waals surface area contributed by atoms with E-state index in [-0.39, 0.29) is 5.82 Å². The van der Waals surface area contributed by atoms with Crippen LogP contribution in [0.2, 0.25) is 0 Å². The minimum Gasteiger partial charge on any atom is -0.348 e. The second kappa shape index (κ2) is 8.06. The number of aromatic nitrogens is 4. The van der Waals surface area contributed by atoms with Crippen LogP contribution in [0, 0.1) is 5.82 Å². The molecule has 3 heterocycles. The number of halogens is 1. The number of rotatable bonds is 5. The lowest BCUT2D eigenvalue weighted by atomic mass is 9.89. The first-order valence-electron chi connectivity index (χ1n) is 9.61. The van der Waals surface area contributed by atoms with Gasteiger partial charge >= 0.3 is 0 Å². The molecule has 1 N–H and O–H groups in total. The summed E-state index contributed by atoms with van der Waals surface area (Å²) in [7, 11) is 3.87. The molecule has 6 nitrogen and oxygen atoms in total. The fraction of sp³-hybridized carbons (Fsp3) is 0.381. The Kier molecular flexibility index (Phi) is 5.34. The van der Waals surface area contributed by atoms with Crippen molar-refractivity contribution >= 4 is 5.95 Å². The Morgan fingerprint density at radius 3 is 2.71 bits per heavy atom. The monoisotopic (exact) mass is 380 g/mol. The number of hydrogen-bond acceptors (Lipinski definition) is 5. The number of likely N-dealkylation sites (tertiary alicyclic amines) is 1. The lowest BCUT2D eigenvalue weighted by molar-refractivity contribution is 0.199. The van der Waals surface area contributed by atoms with Crippen LogP contribution in [-0.2, 0) is 6.54 Å². The van der Waals surface area contributed by atoms with Gasteiger partial charge in [-0.15, -0.1) is 0 Å². The zero-order valence-electron chi connectivity index (χ0n) is 16.3. The quantitative estimate of drug-likeness (QED) is 0.735. The molecule has 3 aromatic rings. The maximum atomic E-state index is 13.8. The van der Waals surface area contributed by atoms with Gasteiger partial charge in [0.25, 0.3) is 0 Å². The third-order valence-corrected chi connectivity index (χ3v) is 5.24. The molecular weight excluding hydrogens is 355 g/mol. The average molecular weight is 380 g/mol. The van der Waals surface area contributed by atoms with Gasteiger partial charge in [0, 0.05) is 44.2 Å². The van der Waals surface area contributed by atoms with Crippen molar-refractivity contribution in [3.63, 3.8) is 0 Å². The van der Waals surface area contributed by atoms with E-state index in [1.54, 1.807) is 18.3 Å². The fourth-order valence-corrected chi connectivity index (χ4v) is 3.75. The van der Waals surface area contributed by atoms with Gasteiger partial charge in [-0.3, -0.25) is 4.90 Å². The first-order valence-corrected chi connectivity index (χ1v) is 9.61. The Balaban J connectivity index is 1.58. The van der Waals surface area contributed by atoms with Gasteiger partial charge in [-0.25, -0.2) is 19.3 Å². The van der Waals surface area contributed by atoms with Crippen molar-refractivity contribution in [2.45, 2.75) is 25.3 Å². The molecule has 1 aliphatic rings. The maximum absolute atomic E-state index is 13.8. The van der Waals surface area contributed by atoms with Crippen LogP contribution >= 0.6 is 0 Å². The predicted octanol–water partition coefficient (Wildman–Crippen LogP) is 3.45. The molecular formula is C21H25FN6. The van der Waals surface area contributed by atoms with Crippen LogP contribution in [0.5, 0.6) is 0 Å². The highest BCUT2D eigenvalue weighted by atomic mass is 19.1. The molecule has 0 unspecified atom stereocenters. The van der Waals surface area contributed by atoms with Gasteiger partial charge in [0.1, 0.15) is 11.6 Å². The van der Waals surface area contributed by atoms with E-state index in [1.165, 1.54) is 6.07 Å². The second-order valence-corrected chi connectivity index (χ2v) is 7.46. The SMILES string of the molecule is CN(C)c1ncc(-c2cccc(F)c2)c(C2CCN(Cc3ncc[nH]3)CC2)n1. The zero-order valence-corrected chi connectivity index (χ0v) is 16.3. The minimum atomic E-state index is -0.242. The Labute approximate surface area is 164 Å². The highest BCUT2D eigenvalue weighted by molar-refractivity contribution is 5.66. The Bertz CT molecular complexity index is 916. The Morgan fingerprint density at radius 1 is 1.21 bits per heavy atom. The molecule has 1 saturated heterocycles. The summed E-state index contributed by atoms with van der Waals surface area (Å²) in [5.41, 5.74) is 2.77. The maximum Gasteiger partial charge on any atom is 0.225 e. The fourth-order valence-electron chi connectivity index (χ4n) is 3.75. The number of piperidine rings is 1. The third kappa shape index (κ3) is 4.04. The van der Waals surface area contributed by atoms with Crippen LogP contribution in [0.25, 0.3) is 11.1 Å². The lowest BCUT2D eigenvalue weighted by Crippen LogP contribution is -2.33. The molecule has 0 spiro atoms. The Morgan fingerprint density at radius 2 is 2.04 bits per heavy atom. The zero-order chi connectivity index (χ0) is 19.5. The van der Waals surface area contributed by atoms with Crippen LogP contribution in [-0.4, -0.2) is 52.0 Å². The van der Waals surface area contributed by atoms with Crippen molar-refractivity contribution in [2.75, 3.05) is 32.1 Å². The molecule has 146 valence electrons. The highest BCUT2D eigenvalue weighted by Gasteiger charge is 2.25. The molecule has 4 rings (SSSR count). The lowest BCUT2D eigenvalue weighted by Gasteiger charge is -2.32. The van der Waals surface area contributed by atoms with Crippen LogP contribution in [0.1, 0.15) is 30.3 Å². The molecule has 0 saturated carbocycles. The van der Waals surface area contributed by atoms with E-state index in [0.717, 1.165) is 55.1 Å². The minimum absolute atomic E-state index is 0.242. The van der Waals surface area contributed by atoms with Crippen molar-refractivity contribution < 1.29 is 4.39 Å². The largest absolute Gasteiger partial charge is 0.348 e. The third-order valence-electron chi connectivity index (χ3n) is 5.24. The number of anilines is 1. The van der Waals surface area contributed by atoms with Crippen LogP contribution in [0.3, 0.4) is 0 Å². The number of benzene rings is 1. The molecule has 0 aliphatic carbocycles. The molecule has 2 aromatic heterocycles. The summed E-state index contributed by atoms with van der Waals surface area (Å²) in [6.07, 6.45) is 7.50. The molecule has 0 amide bonds. The number of hydrogen-bond donors (Lipinski definition) is 1. The summed E-state index contributed by atoms with van der Waals surface area (Å²) in [4.78, 5) is 21.1. The number of H-pyrrole nitrogens is 1. The Hall–Kier alpha value is -2.80. The molecule has 1 aliphatic heterocycles. The standard InChI is InChI=1S/C21H25FN6/c1-27(2)21-25-13-18(16-4-3-5-17(22)12-16)20(26-21)15-6-10-28(11-7-15)14-19-23-8-9-24-19/h3-5,8-9,12-13,15H,6-7,10-11,14H2,1-2H3,(H,23,24). The summed E-state index contributed by atoms with van der Waals surface area (Å²) >= 11 is 0. The average Bonchev–Trinajstić information content (AvgIpc) is 3.21. The summed E-state index contributed by atoms with van der Waals surface area (Å²) in [6.45, 7) is 2.80. The van der Waals surface area contributed by atoms with Gasteiger partial charge in [0.15, 0.2) is 0 Å². The van der Waals surface area contributed by atoms with Crippen molar-refractivity contribution in [3.05, 3.63) is 60.2 Å². The van der Waals surface area contributed by atoms with Crippen molar-refractivity contribution in [2.24, 2.45) is 0 Å². The summed E-state index contributed by atoms with van der Waals surface area (Å²) in [6, 6.07) is 6.68. The van der Waals surface area contributed by atoms with Gasteiger partial charge < -0.3 is 9.88 Å².